The summed E-state index contributed by atoms with van der Waals surface area (Å²) in [5.41, 5.74) is 0. The quantitative estimate of drug-likeness (QED) is 0.836. The molecule has 2 heterocycles. The molecule has 0 spiro atoms. The molecule has 0 saturated heterocycles. The van der Waals surface area contributed by atoms with Crippen LogP contribution in [-0.2, 0) is 0 Å². The highest BCUT2D eigenvalue weighted by Gasteiger charge is 2.08. The minimum atomic E-state index is -0.537. The van der Waals surface area contributed by atoms with Crippen molar-refractivity contribution >= 4 is 27.3 Å². The molecular weight excluding hydrogens is 244 g/mol. The molecule has 0 aliphatic carbocycles. The summed E-state index contributed by atoms with van der Waals surface area (Å²) in [6.07, 6.45) is 0. The monoisotopic (exact) mass is 246 g/mol. The van der Waals surface area contributed by atoms with Gasteiger partial charge in [0.05, 0.1) is 4.88 Å². The molecule has 0 aliphatic rings. The van der Waals surface area contributed by atoms with Crippen molar-refractivity contribution in [3.8, 4) is 10.7 Å². The van der Waals surface area contributed by atoms with Crippen molar-refractivity contribution < 1.29 is 4.52 Å². The fraction of sp³-hybridized carbons (Fsp3) is 0. The van der Waals surface area contributed by atoms with Crippen molar-refractivity contribution in [2.75, 3.05) is 0 Å². The van der Waals surface area contributed by atoms with Crippen LogP contribution in [0.15, 0.2) is 25.2 Å². The molecule has 0 aliphatic heterocycles. The SMILES string of the molecule is O=c1[nH]c(-c2sccc2Br)no1. The summed E-state index contributed by atoms with van der Waals surface area (Å²) >= 11 is 4.80. The third-order valence-electron chi connectivity index (χ3n) is 1.27. The number of rotatable bonds is 1. The van der Waals surface area contributed by atoms with E-state index in [0.717, 1.165) is 9.35 Å². The predicted octanol–water partition coefficient (Wildman–Crippen LogP) is 1.85. The lowest BCUT2D eigenvalue weighted by atomic mass is 10.4. The van der Waals surface area contributed by atoms with Crippen LogP contribution < -0.4 is 5.76 Å². The normalized spacial score (nSPS) is 10.4. The van der Waals surface area contributed by atoms with E-state index in [1.165, 1.54) is 11.3 Å². The van der Waals surface area contributed by atoms with Crippen LogP contribution in [0.25, 0.3) is 10.7 Å². The molecular formula is C6H3BrN2O2S. The van der Waals surface area contributed by atoms with E-state index in [-0.39, 0.29) is 0 Å². The van der Waals surface area contributed by atoms with Gasteiger partial charge in [-0.2, -0.15) is 0 Å². The van der Waals surface area contributed by atoms with Crippen molar-refractivity contribution in [2.45, 2.75) is 0 Å². The largest absolute Gasteiger partial charge is 0.439 e. The highest BCUT2D eigenvalue weighted by Crippen LogP contribution is 2.30. The Hall–Kier alpha value is -0.880. The predicted molar refractivity (Wildman–Crippen MR) is 48.1 cm³/mol. The average Bonchev–Trinajstić information content (AvgIpc) is 2.58. The average molecular weight is 247 g/mol. The summed E-state index contributed by atoms with van der Waals surface area (Å²) in [7, 11) is 0. The molecule has 2 aromatic heterocycles. The number of hydrogen-bond acceptors (Lipinski definition) is 4. The lowest BCUT2D eigenvalue weighted by Gasteiger charge is -1.86. The Kier molecular flexibility index (Phi) is 1.86. The van der Waals surface area contributed by atoms with Crippen LogP contribution in [0.3, 0.4) is 0 Å². The first-order valence-electron chi connectivity index (χ1n) is 3.07. The van der Waals surface area contributed by atoms with E-state index in [2.05, 4.69) is 30.6 Å². The van der Waals surface area contributed by atoms with Gasteiger partial charge in [-0.3, -0.25) is 9.51 Å². The first-order chi connectivity index (χ1) is 5.77. The topological polar surface area (TPSA) is 58.9 Å². The first-order valence-corrected chi connectivity index (χ1v) is 4.74. The minimum Gasteiger partial charge on any atom is -0.296 e. The fourth-order valence-electron chi connectivity index (χ4n) is 0.790. The smallest absolute Gasteiger partial charge is 0.296 e. The van der Waals surface area contributed by atoms with Crippen molar-refractivity contribution in [2.24, 2.45) is 0 Å². The maximum atomic E-state index is 10.6. The Morgan fingerprint density at radius 3 is 3.00 bits per heavy atom. The first kappa shape index (κ1) is 7.75. The molecule has 6 heteroatoms. The van der Waals surface area contributed by atoms with E-state index in [1.807, 2.05) is 11.4 Å². The summed E-state index contributed by atoms with van der Waals surface area (Å²) in [5.74, 6) is -0.0767. The van der Waals surface area contributed by atoms with Crippen LogP contribution in [0.1, 0.15) is 0 Å². The Balaban J connectivity index is 2.57. The molecule has 0 unspecified atom stereocenters. The van der Waals surface area contributed by atoms with E-state index < -0.39 is 5.76 Å². The van der Waals surface area contributed by atoms with Gasteiger partial charge in [0.25, 0.3) is 0 Å². The highest BCUT2D eigenvalue weighted by atomic mass is 79.9. The summed E-state index contributed by atoms with van der Waals surface area (Å²) in [6, 6.07) is 1.88. The molecule has 0 radical (unpaired) electrons. The second kappa shape index (κ2) is 2.87. The van der Waals surface area contributed by atoms with Gasteiger partial charge < -0.3 is 0 Å². The van der Waals surface area contributed by atoms with Crippen LogP contribution in [0.4, 0.5) is 0 Å². The van der Waals surface area contributed by atoms with Crippen LogP contribution in [0.5, 0.6) is 0 Å². The van der Waals surface area contributed by atoms with E-state index >= 15 is 0 Å². The third kappa shape index (κ3) is 1.23. The van der Waals surface area contributed by atoms with Crippen molar-refractivity contribution in [1.82, 2.24) is 10.1 Å². The van der Waals surface area contributed by atoms with Gasteiger partial charge in [0, 0.05) is 4.47 Å². The van der Waals surface area contributed by atoms with E-state index in [9.17, 15) is 4.79 Å². The molecule has 0 bridgehead atoms. The molecule has 62 valence electrons. The number of nitrogens with one attached hydrogen (secondary N) is 1. The Morgan fingerprint density at radius 1 is 1.67 bits per heavy atom. The van der Waals surface area contributed by atoms with E-state index in [4.69, 9.17) is 0 Å². The molecule has 4 nitrogen and oxygen atoms in total. The maximum absolute atomic E-state index is 10.6. The summed E-state index contributed by atoms with van der Waals surface area (Å²) in [6.45, 7) is 0. The molecule has 2 rings (SSSR count). The fourth-order valence-corrected chi connectivity index (χ4v) is 2.29. The molecule has 0 amide bonds. The lowest BCUT2D eigenvalue weighted by molar-refractivity contribution is 0.388. The van der Waals surface area contributed by atoms with E-state index in [0.29, 0.717) is 5.82 Å². The number of halogens is 1. The van der Waals surface area contributed by atoms with Crippen LogP contribution in [-0.4, -0.2) is 10.1 Å². The maximum Gasteiger partial charge on any atom is 0.439 e. The highest BCUT2D eigenvalue weighted by molar-refractivity contribution is 9.10. The summed E-state index contributed by atoms with van der Waals surface area (Å²) < 4.78 is 5.27. The minimum absolute atomic E-state index is 0.460. The second-order valence-corrected chi connectivity index (χ2v) is 3.81. The zero-order valence-electron chi connectivity index (χ0n) is 5.70. The number of thiophene rings is 1. The van der Waals surface area contributed by atoms with Crippen LogP contribution in [0, 0.1) is 0 Å². The number of hydrogen-bond donors (Lipinski definition) is 1. The Labute approximate surface area is 79.3 Å². The lowest BCUT2D eigenvalue weighted by Crippen LogP contribution is -1.94. The van der Waals surface area contributed by atoms with Gasteiger partial charge in [0.15, 0.2) is 5.82 Å². The Bertz CT molecular complexity index is 444. The number of aromatic nitrogens is 2. The third-order valence-corrected chi connectivity index (χ3v) is 3.12. The van der Waals surface area contributed by atoms with Gasteiger partial charge in [-0.25, -0.2) is 4.79 Å². The van der Waals surface area contributed by atoms with Crippen LogP contribution >= 0.6 is 27.3 Å². The van der Waals surface area contributed by atoms with Gasteiger partial charge in [-0.1, -0.05) is 5.16 Å². The molecule has 1 N–H and O–H groups in total. The van der Waals surface area contributed by atoms with Gasteiger partial charge in [0.1, 0.15) is 0 Å². The molecule has 0 fully saturated rings. The number of aromatic amines is 1. The molecule has 0 saturated carbocycles. The van der Waals surface area contributed by atoms with E-state index in [1.54, 1.807) is 0 Å². The summed E-state index contributed by atoms with van der Waals surface area (Å²) in [5, 5.41) is 5.45. The van der Waals surface area contributed by atoms with Gasteiger partial charge in [-0.05, 0) is 27.4 Å². The molecule has 0 aromatic carbocycles. The van der Waals surface area contributed by atoms with Gasteiger partial charge in [-0.15, -0.1) is 11.3 Å². The zero-order valence-corrected chi connectivity index (χ0v) is 8.11. The number of H-pyrrole nitrogens is 1. The van der Waals surface area contributed by atoms with Gasteiger partial charge in [0.2, 0.25) is 0 Å². The molecule has 0 atom stereocenters. The van der Waals surface area contributed by atoms with Crippen LogP contribution in [0.2, 0.25) is 0 Å². The standard InChI is InChI=1S/C6H3BrN2O2S/c7-3-1-2-12-4(3)5-8-6(10)11-9-5/h1-2H,(H,8,9,10). The van der Waals surface area contributed by atoms with Crippen molar-refractivity contribution in [1.29, 1.82) is 0 Å². The second-order valence-electron chi connectivity index (χ2n) is 2.04. The molecule has 2 aromatic rings. The molecule has 12 heavy (non-hydrogen) atoms. The van der Waals surface area contributed by atoms with Crippen molar-refractivity contribution in [3.63, 3.8) is 0 Å². The number of nitrogens with zero attached hydrogens (tertiary/aromatic N) is 1. The summed E-state index contributed by atoms with van der Waals surface area (Å²) in [4.78, 5) is 13.9. The Morgan fingerprint density at radius 2 is 2.50 bits per heavy atom. The zero-order chi connectivity index (χ0) is 8.55. The van der Waals surface area contributed by atoms with Gasteiger partial charge >= 0.3 is 5.76 Å². The van der Waals surface area contributed by atoms with Crippen molar-refractivity contribution in [3.05, 3.63) is 26.5 Å².